The van der Waals surface area contributed by atoms with Crippen LogP contribution in [-0.2, 0) is 19.6 Å². The van der Waals surface area contributed by atoms with Crippen molar-refractivity contribution < 1.29 is 27.9 Å². The van der Waals surface area contributed by atoms with E-state index >= 15 is 0 Å². The molecule has 0 radical (unpaired) electrons. The number of rotatable bonds is 7. The number of benzene rings is 1. The van der Waals surface area contributed by atoms with Crippen LogP contribution in [0.15, 0.2) is 29.2 Å². The minimum Gasteiger partial charge on any atom is -0.484 e. The van der Waals surface area contributed by atoms with Crippen LogP contribution in [0.3, 0.4) is 0 Å². The van der Waals surface area contributed by atoms with E-state index < -0.39 is 28.0 Å². The van der Waals surface area contributed by atoms with Crippen molar-refractivity contribution in [1.29, 1.82) is 0 Å². The number of carbonyl (C=O) groups excluding carboxylic acids is 1. The van der Waals surface area contributed by atoms with Gasteiger partial charge in [0.25, 0.3) is 5.91 Å². The summed E-state index contributed by atoms with van der Waals surface area (Å²) in [6, 6.07) is 5.49. The number of amides is 1. The van der Waals surface area contributed by atoms with Crippen LogP contribution in [0.25, 0.3) is 0 Å². The molecule has 0 unspecified atom stereocenters. The Morgan fingerprint density at radius 3 is 2.48 bits per heavy atom. The van der Waals surface area contributed by atoms with Gasteiger partial charge < -0.3 is 15.2 Å². The minimum atomic E-state index is -3.80. The number of aliphatic carboxylic acids is 1. The lowest BCUT2D eigenvalue weighted by Crippen LogP contribution is -2.48. The fourth-order valence-corrected chi connectivity index (χ4v) is 4.98. The highest BCUT2D eigenvalue weighted by Gasteiger charge is 2.39. The highest BCUT2D eigenvalue weighted by atomic mass is 32.2. The van der Waals surface area contributed by atoms with Crippen LogP contribution in [0.1, 0.15) is 32.6 Å². The molecule has 9 heteroatoms. The lowest BCUT2D eigenvalue weighted by Gasteiger charge is -2.36. The number of ether oxygens (including phenoxy) is 1. The molecule has 1 aromatic carbocycles. The lowest BCUT2D eigenvalue weighted by molar-refractivity contribution is -0.144. The van der Waals surface area contributed by atoms with Gasteiger partial charge in [0.05, 0.1) is 10.8 Å². The summed E-state index contributed by atoms with van der Waals surface area (Å²) < 4.78 is 32.4. The van der Waals surface area contributed by atoms with E-state index in [0.717, 1.165) is 12.8 Å². The molecule has 1 heterocycles. The summed E-state index contributed by atoms with van der Waals surface area (Å²) in [6.07, 6.45) is 2.97. The Morgan fingerprint density at radius 1 is 1.22 bits per heavy atom. The molecule has 27 heavy (non-hydrogen) atoms. The van der Waals surface area contributed by atoms with Crippen LogP contribution >= 0.6 is 0 Å². The molecular weight excluding hydrogens is 372 g/mol. The standard InChI is InChI=1S/C18H24N2O6S/c1-12-16(18(22)23)3-2-10-20(12)27(24,25)15-8-6-14(7-9-15)26-11-17(21)19-13-4-5-13/h6-9,12-13,16H,2-5,10-11H2,1H3,(H,19,21)(H,22,23)/t12-,16-/m1/s1. The number of sulfonamides is 1. The van der Waals surface area contributed by atoms with Crippen LogP contribution in [0.2, 0.25) is 0 Å². The first-order chi connectivity index (χ1) is 12.8. The first-order valence-corrected chi connectivity index (χ1v) is 10.5. The smallest absolute Gasteiger partial charge is 0.308 e. The van der Waals surface area contributed by atoms with Gasteiger partial charge >= 0.3 is 5.97 Å². The predicted octanol–water partition coefficient (Wildman–Crippen LogP) is 1.22. The van der Waals surface area contributed by atoms with Crippen molar-refractivity contribution in [2.75, 3.05) is 13.2 Å². The topological polar surface area (TPSA) is 113 Å². The van der Waals surface area contributed by atoms with Gasteiger partial charge in [-0.3, -0.25) is 9.59 Å². The maximum Gasteiger partial charge on any atom is 0.308 e. The molecule has 1 saturated carbocycles. The molecular formula is C18H24N2O6S. The third kappa shape index (κ3) is 4.59. The maximum atomic E-state index is 12.9. The molecule has 2 aliphatic rings. The Hall–Kier alpha value is -2.13. The average Bonchev–Trinajstić information content (AvgIpc) is 3.44. The summed E-state index contributed by atoms with van der Waals surface area (Å²) in [5.41, 5.74) is 0. The first-order valence-electron chi connectivity index (χ1n) is 9.06. The molecule has 1 aromatic rings. The van der Waals surface area contributed by atoms with E-state index in [-0.39, 0.29) is 23.5 Å². The monoisotopic (exact) mass is 396 g/mol. The molecule has 0 bridgehead atoms. The summed E-state index contributed by atoms with van der Waals surface area (Å²) in [5, 5.41) is 12.1. The van der Waals surface area contributed by atoms with Gasteiger partial charge in [-0.05, 0) is 56.9 Å². The van der Waals surface area contributed by atoms with Gasteiger partial charge in [0.15, 0.2) is 6.61 Å². The molecule has 2 atom stereocenters. The van der Waals surface area contributed by atoms with Gasteiger partial charge in [-0.15, -0.1) is 0 Å². The average molecular weight is 396 g/mol. The van der Waals surface area contributed by atoms with Crippen LogP contribution in [-0.4, -0.2) is 54.9 Å². The number of carboxylic acid groups (broad SMARTS) is 1. The summed E-state index contributed by atoms with van der Waals surface area (Å²) in [5.74, 6) is -1.48. The number of carbonyl (C=O) groups is 2. The second-order valence-electron chi connectivity index (χ2n) is 7.05. The van der Waals surface area contributed by atoms with Crippen LogP contribution in [0, 0.1) is 5.92 Å². The molecule has 0 aromatic heterocycles. The van der Waals surface area contributed by atoms with Gasteiger partial charge in [-0.25, -0.2) is 8.42 Å². The number of nitrogens with one attached hydrogen (secondary N) is 1. The third-order valence-corrected chi connectivity index (χ3v) is 6.99. The van der Waals surface area contributed by atoms with Crippen molar-refractivity contribution in [2.24, 2.45) is 5.92 Å². The fraction of sp³-hybridized carbons (Fsp3) is 0.556. The van der Waals surface area contributed by atoms with Gasteiger partial charge in [0.1, 0.15) is 5.75 Å². The van der Waals surface area contributed by atoms with Gasteiger partial charge in [-0.2, -0.15) is 4.31 Å². The summed E-state index contributed by atoms with van der Waals surface area (Å²) in [4.78, 5) is 23.1. The lowest BCUT2D eigenvalue weighted by atomic mass is 9.92. The zero-order valence-corrected chi connectivity index (χ0v) is 15.9. The Kier molecular flexibility index (Phi) is 5.71. The number of nitrogens with zero attached hydrogens (tertiary/aromatic N) is 1. The van der Waals surface area contributed by atoms with Crippen molar-refractivity contribution in [3.8, 4) is 5.75 Å². The highest BCUT2D eigenvalue weighted by molar-refractivity contribution is 7.89. The van der Waals surface area contributed by atoms with E-state index in [0.29, 0.717) is 25.1 Å². The molecule has 0 spiro atoms. The molecule has 2 fully saturated rings. The number of carboxylic acids is 1. The second kappa shape index (κ2) is 7.85. The summed E-state index contributed by atoms with van der Waals surface area (Å²) in [6.45, 7) is 1.81. The second-order valence-corrected chi connectivity index (χ2v) is 8.94. The first kappa shape index (κ1) is 19.6. The molecule has 1 saturated heterocycles. The summed E-state index contributed by atoms with van der Waals surface area (Å²) >= 11 is 0. The number of hydrogen-bond acceptors (Lipinski definition) is 5. The fourth-order valence-electron chi connectivity index (χ4n) is 3.27. The number of piperidine rings is 1. The van der Waals surface area contributed by atoms with E-state index in [1.54, 1.807) is 6.92 Å². The zero-order chi connectivity index (χ0) is 19.6. The normalized spacial score (nSPS) is 23.6. The molecule has 3 rings (SSSR count). The van der Waals surface area contributed by atoms with Gasteiger partial charge in [0.2, 0.25) is 10.0 Å². The van der Waals surface area contributed by atoms with Crippen molar-refractivity contribution in [1.82, 2.24) is 9.62 Å². The van der Waals surface area contributed by atoms with Crippen LogP contribution < -0.4 is 10.1 Å². The minimum absolute atomic E-state index is 0.0789. The Balaban J connectivity index is 1.65. The van der Waals surface area contributed by atoms with Gasteiger partial charge in [0, 0.05) is 18.6 Å². The predicted molar refractivity (Wildman–Crippen MR) is 96.8 cm³/mol. The highest BCUT2D eigenvalue weighted by Crippen LogP contribution is 2.30. The van der Waals surface area contributed by atoms with Crippen molar-refractivity contribution in [3.63, 3.8) is 0 Å². The van der Waals surface area contributed by atoms with Crippen molar-refractivity contribution >= 4 is 21.9 Å². The van der Waals surface area contributed by atoms with E-state index in [9.17, 15) is 23.1 Å². The Bertz CT molecular complexity index is 804. The SMILES string of the molecule is C[C@@H]1[C@H](C(=O)O)CCCN1S(=O)(=O)c1ccc(OCC(=O)NC2CC2)cc1. The van der Waals surface area contributed by atoms with Crippen LogP contribution in [0.5, 0.6) is 5.75 Å². The van der Waals surface area contributed by atoms with E-state index in [4.69, 9.17) is 4.74 Å². The summed E-state index contributed by atoms with van der Waals surface area (Å²) in [7, 11) is -3.80. The van der Waals surface area contributed by atoms with E-state index in [2.05, 4.69) is 5.32 Å². The number of hydrogen-bond donors (Lipinski definition) is 2. The van der Waals surface area contributed by atoms with Crippen molar-refractivity contribution in [3.05, 3.63) is 24.3 Å². The van der Waals surface area contributed by atoms with E-state index in [1.807, 2.05) is 0 Å². The Morgan fingerprint density at radius 2 is 1.89 bits per heavy atom. The quantitative estimate of drug-likeness (QED) is 0.716. The molecule has 2 N–H and O–H groups in total. The third-order valence-electron chi connectivity index (χ3n) is 4.99. The molecule has 148 valence electrons. The van der Waals surface area contributed by atoms with E-state index in [1.165, 1.54) is 28.6 Å². The molecule has 1 amide bonds. The van der Waals surface area contributed by atoms with Crippen molar-refractivity contribution in [2.45, 2.75) is 49.6 Å². The molecule has 1 aliphatic heterocycles. The van der Waals surface area contributed by atoms with Gasteiger partial charge in [-0.1, -0.05) is 0 Å². The maximum absolute atomic E-state index is 12.9. The molecule has 1 aliphatic carbocycles. The largest absolute Gasteiger partial charge is 0.484 e. The van der Waals surface area contributed by atoms with Crippen LogP contribution in [0.4, 0.5) is 0 Å². The molecule has 8 nitrogen and oxygen atoms in total. The Labute approximate surface area is 158 Å². The zero-order valence-electron chi connectivity index (χ0n) is 15.1.